The van der Waals surface area contributed by atoms with Crippen LogP contribution in [0.15, 0.2) is 142 Å². The lowest BCUT2D eigenvalue weighted by atomic mass is 10.0. The Morgan fingerprint density at radius 2 is 1.00 bits per heavy atom. The molecule has 0 fully saturated rings. The summed E-state index contributed by atoms with van der Waals surface area (Å²) in [5.41, 5.74) is 7.27. The third-order valence-electron chi connectivity index (χ3n) is 6.66. The van der Waals surface area contributed by atoms with Gasteiger partial charge in [0, 0.05) is 27.5 Å². The maximum Gasteiger partial charge on any atom is 0.161 e. The van der Waals surface area contributed by atoms with Gasteiger partial charge in [-0.3, -0.25) is 0 Å². The molecule has 0 amide bonds. The highest BCUT2D eigenvalue weighted by molar-refractivity contribution is 6.55. The van der Waals surface area contributed by atoms with Gasteiger partial charge in [0.25, 0.3) is 0 Å². The zero-order valence-electron chi connectivity index (χ0n) is 19.5. The van der Waals surface area contributed by atoms with Crippen molar-refractivity contribution in [3.05, 3.63) is 160 Å². The minimum absolute atomic E-state index is 0.730. The van der Waals surface area contributed by atoms with E-state index in [9.17, 15) is 0 Å². The molecule has 5 aromatic rings. The van der Waals surface area contributed by atoms with E-state index in [-0.39, 0.29) is 0 Å². The van der Waals surface area contributed by atoms with Crippen LogP contribution < -0.4 is 10.6 Å². The monoisotopic (exact) mass is 459 g/mol. The Labute approximate surface area is 208 Å². The van der Waals surface area contributed by atoms with E-state index in [1.807, 2.05) is 42.5 Å². The number of fused-ring (bicyclic) bond motifs is 3. The van der Waals surface area contributed by atoms with Gasteiger partial charge >= 0.3 is 0 Å². The molecule has 3 heteroatoms. The molecule has 36 heavy (non-hydrogen) atoms. The largest absolute Gasteiger partial charge is 0.248 e. The predicted molar refractivity (Wildman–Crippen MR) is 146 cm³/mol. The number of nitrogens with zero attached hydrogens (tertiary/aromatic N) is 3. The van der Waals surface area contributed by atoms with Gasteiger partial charge in [-0.15, -0.1) is 0 Å². The van der Waals surface area contributed by atoms with E-state index in [2.05, 4.69) is 84.9 Å². The molecule has 0 spiro atoms. The van der Waals surface area contributed by atoms with Gasteiger partial charge in [-0.05, 0) is 28.6 Å². The van der Waals surface area contributed by atoms with Crippen LogP contribution >= 0.6 is 0 Å². The summed E-state index contributed by atoms with van der Waals surface area (Å²) in [5.74, 6) is 0.730. The number of aliphatic imine (C=N–C) groups is 2. The number of para-hydroxylation sites is 1. The van der Waals surface area contributed by atoms with E-state index < -0.39 is 0 Å². The first-order valence-electron chi connectivity index (χ1n) is 12.1. The summed E-state index contributed by atoms with van der Waals surface area (Å²) in [4.78, 5) is 15.0. The molecule has 0 aromatic heterocycles. The molecule has 0 unspecified atom stereocenters. The molecule has 0 aliphatic carbocycles. The van der Waals surface area contributed by atoms with Gasteiger partial charge in [0.2, 0.25) is 0 Å². The highest BCUT2D eigenvalue weighted by Gasteiger charge is 2.21. The summed E-state index contributed by atoms with van der Waals surface area (Å²) in [6, 6.07) is 43.8. The summed E-state index contributed by atoms with van der Waals surface area (Å²) in [6.07, 6.45) is 0. The second-order valence-electron chi connectivity index (χ2n) is 8.88. The van der Waals surface area contributed by atoms with Crippen molar-refractivity contribution in [2.45, 2.75) is 0 Å². The second kappa shape index (κ2) is 8.40. The molecular formula is C33H21N3. The normalized spacial score (nSPS) is 14.5. The SMILES string of the molecule is c1ccc(C2=NC(=c3cccc/c3=c3/ccc4c(c3)-c3ccccc3N=4)N=C2c2ccccc2)cc1. The van der Waals surface area contributed by atoms with Crippen molar-refractivity contribution in [2.75, 3.05) is 0 Å². The van der Waals surface area contributed by atoms with Crippen LogP contribution in [0.3, 0.4) is 0 Å². The third kappa shape index (κ3) is 3.41. The van der Waals surface area contributed by atoms with Crippen molar-refractivity contribution in [1.82, 2.24) is 0 Å². The first-order chi connectivity index (χ1) is 17.8. The summed E-state index contributed by atoms with van der Waals surface area (Å²) in [7, 11) is 0. The minimum atomic E-state index is 0.730. The smallest absolute Gasteiger partial charge is 0.161 e. The first kappa shape index (κ1) is 20.5. The third-order valence-corrected chi connectivity index (χ3v) is 6.66. The van der Waals surface area contributed by atoms with Crippen molar-refractivity contribution in [3.8, 4) is 11.1 Å². The Morgan fingerprint density at radius 1 is 0.417 bits per heavy atom. The van der Waals surface area contributed by atoms with Crippen molar-refractivity contribution >= 4 is 22.9 Å². The number of benzene rings is 5. The number of rotatable bonds is 2. The summed E-state index contributed by atoms with van der Waals surface area (Å²) in [6.45, 7) is 0. The molecule has 5 aromatic carbocycles. The van der Waals surface area contributed by atoms with Gasteiger partial charge in [0.15, 0.2) is 5.82 Å². The molecule has 0 radical (unpaired) electrons. The fourth-order valence-electron chi connectivity index (χ4n) is 4.93. The lowest BCUT2D eigenvalue weighted by molar-refractivity contribution is 1.34. The Kier molecular flexibility index (Phi) is 4.78. The van der Waals surface area contributed by atoms with Crippen molar-refractivity contribution in [2.24, 2.45) is 15.0 Å². The van der Waals surface area contributed by atoms with Crippen molar-refractivity contribution < 1.29 is 0 Å². The van der Waals surface area contributed by atoms with Crippen LogP contribution in [0, 0.1) is 10.4 Å². The fourth-order valence-corrected chi connectivity index (χ4v) is 4.93. The van der Waals surface area contributed by atoms with Crippen molar-refractivity contribution in [3.63, 3.8) is 0 Å². The van der Waals surface area contributed by atoms with Gasteiger partial charge in [-0.1, -0.05) is 109 Å². The predicted octanol–water partition coefficient (Wildman–Crippen LogP) is 5.96. The van der Waals surface area contributed by atoms with Crippen LogP contribution in [0.25, 0.3) is 16.9 Å². The highest BCUT2D eigenvalue weighted by Crippen LogP contribution is 2.31. The van der Waals surface area contributed by atoms with Gasteiger partial charge in [-0.2, -0.15) is 0 Å². The summed E-state index contributed by atoms with van der Waals surface area (Å²) in [5, 5.41) is 4.26. The zero-order chi connectivity index (χ0) is 23.9. The minimum Gasteiger partial charge on any atom is -0.248 e. The Hall–Kier alpha value is -4.89. The van der Waals surface area contributed by atoms with Gasteiger partial charge < -0.3 is 0 Å². The Morgan fingerprint density at radius 3 is 1.69 bits per heavy atom. The molecule has 168 valence electrons. The molecule has 0 saturated carbocycles. The van der Waals surface area contributed by atoms with E-state index in [0.29, 0.717) is 0 Å². The topological polar surface area (TPSA) is 37.1 Å². The van der Waals surface area contributed by atoms with Crippen LogP contribution in [0.4, 0.5) is 5.69 Å². The lowest BCUT2D eigenvalue weighted by Gasteiger charge is -2.04. The second-order valence-corrected chi connectivity index (χ2v) is 8.88. The van der Waals surface area contributed by atoms with Crippen molar-refractivity contribution in [1.29, 1.82) is 0 Å². The molecule has 0 N–H and O–H groups in total. The average molecular weight is 460 g/mol. The molecule has 7 rings (SSSR count). The maximum absolute atomic E-state index is 5.09. The molecule has 0 atom stereocenters. The Balaban J connectivity index is 1.53. The molecule has 3 nitrogen and oxygen atoms in total. The molecule has 0 bridgehead atoms. The molecular weight excluding hydrogens is 438 g/mol. The number of hydrogen-bond acceptors (Lipinski definition) is 3. The van der Waals surface area contributed by atoms with Gasteiger partial charge in [-0.25, -0.2) is 15.0 Å². The number of hydrogen-bond donors (Lipinski definition) is 0. The average Bonchev–Trinajstić information content (AvgIpc) is 3.56. The quantitative estimate of drug-likeness (QED) is 0.306. The van der Waals surface area contributed by atoms with Crippen LogP contribution in [-0.2, 0) is 0 Å². The van der Waals surface area contributed by atoms with Gasteiger partial charge in [0.1, 0.15) is 0 Å². The fraction of sp³-hybridized carbons (Fsp3) is 0. The maximum atomic E-state index is 5.09. The van der Waals surface area contributed by atoms with E-state index in [0.717, 1.165) is 60.6 Å². The van der Waals surface area contributed by atoms with Crippen LogP contribution in [0.2, 0.25) is 0 Å². The molecule has 2 aliphatic rings. The summed E-state index contributed by atoms with van der Waals surface area (Å²) < 4.78 is 0. The summed E-state index contributed by atoms with van der Waals surface area (Å²) >= 11 is 0. The van der Waals surface area contributed by atoms with Crippen LogP contribution in [0.1, 0.15) is 11.1 Å². The van der Waals surface area contributed by atoms with E-state index in [1.54, 1.807) is 0 Å². The zero-order valence-corrected chi connectivity index (χ0v) is 19.5. The Bertz CT molecular complexity index is 1860. The van der Waals surface area contributed by atoms with Crippen LogP contribution in [0.5, 0.6) is 0 Å². The first-order valence-corrected chi connectivity index (χ1v) is 12.1. The highest BCUT2D eigenvalue weighted by atomic mass is 15.0. The van der Waals surface area contributed by atoms with Gasteiger partial charge in [0.05, 0.1) is 22.5 Å². The standard InChI is InChI=1S/C33H21N3/c1-3-11-22(12-4-1)31-32(23-13-5-2-6-14-23)36-33(35-31)27-17-8-7-15-25(27)24-19-20-30-28(21-24)26-16-9-10-18-29(26)34-30/h1-21H/b25-24+. The molecule has 2 aliphatic heterocycles. The van der Waals surface area contributed by atoms with E-state index in [4.69, 9.17) is 15.0 Å². The van der Waals surface area contributed by atoms with E-state index >= 15 is 0 Å². The van der Waals surface area contributed by atoms with E-state index in [1.165, 1.54) is 5.56 Å². The van der Waals surface area contributed by atoms with Crippen LogP contribution in [-0.4, -0.2) is 11.4 Å². The molecule has 0 saturated heterocycles. The lowest BCUT2D eigenvalue weighted by Crippen LogP contribution is -2.13. The molecule has 2 heterocycles.